The van der Waals surface area contributed by atoms with Crippen LogP contribution in [0.25, 0.3) is 0 Å². The lowest BCUT2D eigenvalue weighted by molar-refractivity contribution is -0.152. The zero-order valence-electron chi connectivity index (χ0n) is 11.7. The van der Waals surface area contributed by atoms with Crippen LogP contribution < -0.4 is 0 Å². The molecule has 3 heteroatoms. The Bertz CT molecular complexity index is 278. The number of aliphatic carboxylic acids is 1. The molecule has 104 valence electrons. The maximum absolute atomic E-state index is 11.6. The standard InChI is InChI=1S/C15H27NO2/c1-16(11-13-7-3-4-8-13)12-15(14(17)18)9-5-2-6-10-15/h13H,2-12H2,1H3,(H,17,18). The summed E-state index contributed by atoms with van der Waals surface area (Å²) < 4.78 is 0. The van der Waals surface area contributed by atoms with Crippen molar-refractivity contribution in [2.75, 3.05) is 20.1 Å². The Morgan fingerprint density at radius 3 is 2.33 bits per heavy atom. The molecule has 0 atom stereocenters. The molecular weight excluding hydrogens is 226 g/mol. The van der Waals surface area contributed by atoms with E-state index in [2.05, 4.69) is 11.9 Å². The highest BCUT2D eigenvalue weighted by Gasteiger charge is 2.40. The average molecular weight is 253 g/mol. The normalized spacial score (nSPS) is 24.6. The third-order valence-electron chi connectivity index (χ3n) is 4.88. The van der Waals surface area contributed by atoms with Crippen LogP contribution in [-0.4, -0.2) is 36.1 Å². The van der Waals surface area contributed by atoms with Gasteiger partial charge in [-0.1, -0.05) is 32.1 Å². The van der Waals surface area contributed by atoms with Crippen molar-refractivity contribution in [1.82, 2.24) is 4.90 Å². The Balaban J connectivity index is 1.89. The van der Waals surface area contributed by atoms with E-state index < -0.39 is 11.4 Å². The topological polar surface area (TPSA) is 40.5 Å². The summed E-state index contributed by atoms with van der Waals surface area (Å²) in [6, 6.07) is 0. The number of carboxylic acids is 1. The van der Waals surface area contributed by atoms with Crippen molar-refractivity contribution in [3.8, 4) is 0 Å². The molecule has 18 heavy (non-hydrogen) atoms. The molecule has 0 spiro atoms. The molecule has 2 saturated carbocycles. The number of nitrogens with zero attached hydrogens (tertiary/aromatic N) is 1. The van der Waals surface area contributed by atoms with E-state index in [4.69, 9.17) is 0 Å². The van der Waals surface area contributed by atoms with Crippen molar-refractivity contribution >= 4 is 5.97 Å². The minimum Gasteiger partial charge on any atom is -0.481 e. The van der Waals surface area contributed by atoms with Gasteiger partial charge in [-0.3, -0.25) is 4.79 Å². The fraction of sp³-hybridized carbons (Fsp3) is 0.933. The molecule has 2 aliphatic carbocycles. The van der Waals surface area contributed by atoms with Gasteiger partial charge < -0.3 is 10.0 Å². The molecule has 0 aliphatic heterocycles. The van der Waals surface area contributed by atoms with Crippen LogP contribution in [0.5, 0.6) is 0 Å². The van der Waals surface area contributed by atoms with Crippen LogP contribution in [0.1, 0.15) is 57.8 Å². The van der Waals surface area contributed by atoms with Gasteiger partial charge in [-0.15, -0.1) is 0 Å². The van der Waals surface area contributed by atoms with Gasteiger partial charge in [0.1, 0.15) is 0 Å². The predicted molar refractivity (Wildman–Crippen MR) is 72.6 cm³/mol. The van der Waals surface area contributed by atoms with Crippen molar-refractivity contribution < 1.29 is 9.90 Å². The first-order valence-corrected chi connectivity index (χ1v) is 7.54. The highest BCUT2D eigenvalue weighted by Crippen LogP contribution is 2.37. The van der Waals surface area contributed by atoms with E-state index >= 15 is 0 Å². The Morgan fingerprint density at radius 1 is 1.17 bits per heavy atom. The van der Waals surface area contributed by atoms with Crippen LogP contribution in [0.15, 0.2) is 0 Å². The molecule has 2 fully saturated rings. The largest absolute Gasteiger partial charge is 0.481 e. The zero-order chi connectivity index (χ0) is 13.0. The van der Waals surface area contributed by atoms with Crippen LogP contribution >= 0.6 is 0 Å². The number of carboxylic acid groups (broad SMARTS) is 1. The van der Waals surface area contributed by atoms with Crippen molar-refractivity contribution in [3.63, 3.8) is 0 Å². The smallest absolute Gasteiger partial charge is 0.310 e. The number of hydrogen-bond donors (Lipinski definition) is 1. The van der Waals surface area contributed by atoms with E-state index in [1.807, 2.05) is 0 Å². The highest BCUT2D eigenvalue weighted by atomic mass is 16.4. The van der Waals surface area contributed by atoms with E-state index in [1.54, 1.807) is 0 Å². The maximum atomic E-state index is 11.6. The predicted octanol–water partition coefficient (Wildman–Crippen LogP) is 3.14. The molecule has 0 amide bonds. The van der Waals surface area contributed by atoms with Crippen LogP contribution in [0.3, 0.4) is 0 Å². The Labute approximate surface area is 111 Å². The molecule has 0 radical (unpaired) electrons. The van der Waals surface area contributed by atoms with Crippen molar-refractivity contribution in [3.05, 3.63) is 0 Å². The molecule has 0 heterocycles. The molecule has 0 bridgehead atoms. The Kier molecular flexibility index (Phi) is 4.66. The van der Waals surface area contributed by atoms with E-state index in [9.17, 15) is 9.90 Å². The summed E-state index contributed by atoms with van der Waals surface area (Å²) in [7, 11) is 2.11. The molecule has 0 aromatic carbocycles. The molecule has 2 rings (SSSR count). The first-order chi connectivity index (χ1) is 8.62. The number of carbonyl (C=O) groups is 1. The Hall–Kier alpha value is -0.570. The van der Waals surface area contributed by atoms with Crippen molar-refractivity contribution in [2.24, 2.45) is 11.3 Å². The average Bonchev–Trinajstić information content (AvgIpc) is 2.82. The van der Waals surface area contributed by atoms with Gasteiger partial charge in [-0.05, 0) is 38.6 Å². The maximum Gasteiger partial charge on any atom is 0.310 e. The van der Waals surface area contributed by atoms with Gasteiger partial charge in [0, 0.05) is 13.1 Å². The monoisotopic (exact) mass is 253 g/mol. The van der Waals surface area contributed by atoms with Crippen LogP contribution in [-0.2, 0) is 4.79 Å². The summed E-state index contributed by atoms with van der Waals surface area (Å²) in [5.41, 5.74) is -0.453. The minimum absolute atomic E-state index is 0.453. The second-order valence-corrected chi connectivity index (χ2v) is 6.49. The summed E-state index contributed by atoms with van der Waals surface area (Å²) in [5.74, 6) is 0.241. The lowest BCUT2D eigenvalue weighted by Gasteiger charge is -2.37. The van der Waals surface area contributed by atoms with E-state index in [0.717, 1.165) is 44.7 Å². The molecule has 0 aromatic heterocycles. The molecule has 0 aromatic rings. The van der Waals surface area contributed by atoms with Gasteiger partial charge >= 0.3 is 5.97 Å². The molecule has 0 unspecified atom stereocenters. The summed E-state index contributed by atoms with van der Waals surface area (Å²) in [6.07, 6.45) is 10.5. The molecule has 2 aliphatic rings. The van der Waals surface area contributed by atoms with Gasteiger partial charge in [0.2, 0.25) is 0 Å². The van der Waals surface area contributed by atoms with E-state index in [1.165, 1.54) is 32.1 Å². The number of hydrogen-bond acceptors (Lipinski definition) is 2. The quantitative estimate of drug-likeness (QED) is 0.818. The third-order valence-corrected chi connectivity index (χ3v) is 4.88. The van der Waals surface area contributed by atoms with Gasteiger partial charge in [0.05, 0.1) is 5.41 Å². The van der Waals surface area contributed by atoms with Crippen molar-refractivity contribution in [2.45, 2.75) is 57.8 Å². The van der Waals surface area contributed by atoms with E-state index in [0.29, 0.717) is 0 Å². The SMILES string of the molecule is CN(CC1CCCC1)CC1(C(=O)O)CCCCC1. The third kappa shape index (κ3) is 3.25. The van der Waals surface area contributed by atoms with Crippen LogP contribution in [0, 0.1) is 11.3 Å². The van der Waals surface area contributed by atoms with Gasteiger partial charge in [-0.25, -0.2) is 0 Å². The first kappa shape index (κ1) is 13.9. The Morgan fingerprint density at radius 2 is 1.78 bits per heavy atom. The zero-order valence-corrected chi connectivity index (χ0v) is 11.7. The fourth-order valence-electron chi connectivity index (χ4n) is 3.88. The molecule has 0 saturated heterocycles. The molecule has 1 N–H and O–H groups in total. The lowest BCUT2D eigenvalue weighted by atomic mass is 9.73. The minimum atomic E-state index is -0.569. The van der Waals surface area contributed by atoms with Gasteiger partial charge in [0.25, 0.3) is 0 Å². The van der Waals surface area contributed by atoms with E-state index in [-0.39, 0.29) is 0 Å². The van der Waals surface area contributed by atoms with Crippen molar-refractivity contribution in [1.29, 1.82) is 0 Å². The highest BCUT2D eigenvalue weighted by molar-refractivity contribution is 5.75. The van der Waals surface area contributed by atoms with Crippen LogP contribution in [0.4, 0.5) is 0 Å². The first-order valence-electron chi connectivity index (χ1n) is 7.54. The second-order valence-electron chi connectivity index (χ2n) is 6.49. The summed E-state index contributed by atoms with van der Waals surface area (Å²) in [4.78, 5) is 13.9. The molecule has 3 nitrogen and oxygen atoms in total. The second kappa shape index (κ2) is 6.05. The summed E-state index contributed by atoms with van der Waals surface area (Å²) >= 11 is 0. The summed E-state index contributed by atoms with van der Waals surface area (Å²) in [5, 5.41) is 9.57. The molecular formula is C15H27NO2. The van der Waals surface area contributed by atoms with Gasteiger partial charge in [-0.2, -0.15) is 0 Å². The fourth-order valence-corrected chi connectivity index (χ4v) is 3.88. The van der Waals surface area contributed by atoms with Gasteiger partial charge in [0.15, 0.2) is 0 Å². The summed E-state index contributed by atoms with van der Waals surface area (Å²) in [6.45, 7) is 1.84. The lowest BCUT2D eigenvalue weighted by Crippen LogP contribution is -2.44. The van der Waals surface area contributed by atoms with Crippen LogP contribution in [0.2, 0.25) is 0 Å². The number of rotatable bonds is 5.